The number of nitrogens with one attached hydrogen (secondary N) is 2. The minimum atomic E-state index is -0.714. The highest BCUT2D eigenvalue weighted by Crippen LogP contribution is 2.21. The van der Waals surface area contributed by atoms with E-state index in [0.29, 0.717) is 51.1 Å². The van der Waals surface area contributed by atoms with E-state index in [4.69, 9.17) is 4.74 Å². The van der Waals surface area contributed by atoms with Crippen molar-refractivity contribution in [2.75, 3.05) is 33.4 Å². The van der Waals surface area contributed by atoms with E-state index in [-0.39, 0.29) is 17.7 Å². The molecule has 2 rings (SSSR count). The van der Waals surface area contributed by atoms with E-state index in [2.05, 4.69) is 10.6 Å². The van der Waals surface area contributed by atoms with Gasteiger partial charge < -0.3 is 20.3 Å². The second-order valence-corrected chi connectivity index (χ2v) is 6.94. The zero-order chi connectivity index (χ0) is 20.5. The third kappa shape index (κ3) is 6.30. The lowest BCUT2D eigenvalue weighted by molar-refractivity contribution is -0.130. The van der Waals surface area contributed by atoms with Crippen LogP contribution in [0.2, 0.25) is 0 Å². The van der Waals surface area contributed by atoms with E-state index in [0.717, 1.165) is 0 Å². The number of benzene rings is 1. The Morgan fingerprint density at radius 1 is 1.21 bits per heavy atom. The molecule has 154 valence electrons. The summed E-state index contributed by atoms with van der Waals surface area (Å²) in [6, 6.07) is 4.47. The van der Waals surface area contributed by atoms with Crippen molar-refractivity contribution in [3.05, 3.63) is 35.6 Å². The molecule has 0 aromatic heterocycles. The number of ether oxygens (including phenoxy) is 1. The van der Waals surface area contributed by atoms with Gasteiger partial charge in [0.05, 0.1) is 0 Å². The molecule has 0 bridgehead atoms. The molecule has 3 amide bonds. The van der Waals surface area contributed by atoms with Crippen LogP contribution in [0, 0.1) is 11.7 Å². The number of carbonyl (C=O) groups is 3. The first-order valence-corrected chi connectivity index (χ1v) is 9.51. The molecule has 0 spiro atoms. The second-order valence-electron chi connectivity index (χ2n) is 6.94. The van der Waals surface area contributed by atoms with Crippen molar-refractivity contribution >= 4 is 17.7 Å². The van der Waals surface area contributed by atoms with Gasteiger partial charge in [0.15, 0.2) is 0 Å². The number of hydrogen-bond acceptors (Lipinski definition) is 4. The number of carbonyl (C=O) groups excluding carboxylic acids is 3. The molecule has 0 saturated carbocycles. The summed E-state index contributed by atoms with van der Waals surface area (Å²) in [5, 5.41) is 5.64. The molecule has 28 heavy (non-hydrogen) atoms. The predicted octanol–water partition coefficient (Wildman–Crippen LogP) is 1.34. The third-order valence-electron chi connectivity index (χ3n) is 4.96. The molecule has 0 aliphatic carbocycles. The SMILES string of the molecule is COCCCNC(=O)C(NC(=O)c1ccc(F)cc1)C1CCN(C(C)=O)CC1. The lowest BCUT2D eigenvalue weighted by Gasteiger charge is -2.35. The van der Waals surface area contributed by atoms with Crippen LogP contribution in [0.25, 0.3) is 0 Å². The summed E-state index contributed by atoms with van der Waals surface area (Å²) < 4.78 is 18.1. The summed E-state index contributed by atoms with van der Waals surface area (Å²) in [6.45, 7) is 3.61. The fraction of sp³-hybridized carbons (Fsp3) is 0.550. The summed E-state index contributed by atoms with van der Waals surface area (Å²) in [6.07, 6.45) is 1.92. The van der Waals surface area contributed by atoms with Crippen molar-refractivity contribution in [2.45, 2.75) is 32.2 Å². The number of methoxy groups -OCH3 is 1. The molecule has 1 unspecified atom stereocenters. The number of rotatable bonds is 8. The molecule has 1 saturated heterocycles. The van der Waals surface area contributed by atoms with Gasteiger partial charge in [-0.25, -0.2) is 4.39 Å². The van der Waals surface area contributed by atoms with Gasteiger partial charge in [-0.05, 0) is 49.4 Å². The van der Waals surface area contributed by atoms with Crippen LogP contribution in [0.5, 0.6) is 0 Å². The van der Waals surface area contributed by atoms with Gasteiger partial charge in [0.25, 0.3) is 5.91 Å². The van der Waals surface area contributed by atoms with Gasteiger partial charge in [0, 0.05) is 45.8 Å². The zero-order valence-electron chi connectivity index (χ0n) is 16.4. The van der Waals surface area contributed by atoms with E-state index >= 15 is 0 Å². The highest BCUT2D eigenvalue weighted by Gasteiger charge is 2.33. The lowest BCUT2D eigenvalue weighted by Crippen LogP contribution is -2.53. The van der Waals surface area contributed by atoms with Gasteiger partial charge in [-0.1, -0.05) is 0 Å². The van der Waals surface area contributed by atoms with Crippen molar-refractivity contribution in [1.29, 1.82) is 0 Å². The van der Waals surface area contributed by atoms with Gasteiger partial charge in [-0.2, -0.15) is 0 Å². The fourth-order valence-corrected chi connectivity index (χ4v) is 3.31. The first kappa shape index (κ1) is 21.8. The van der Waals surface area contributed by atoms with Crippen LogP contribution in [0.1, 0.15) is 36.5 Å². The molecule has 2 N–H and O–H groups in total. The van der Waals surface area contributed by atoms with Gasteiger partial charge >= 0.3 is 0 Å². The van der Waals surface area contributed by atoms with E-state index in [1.165, 1.54) is 31.2 Å². The van der Waals surface area contributed by atoms with Gasteiger partial charge in [0.2, 0.25) is 11.8 Å². The molecule has 8 heteroatoms. The van der Waals surface area contributed by atoms with Crippen LogP contribution in [0.15, 0.2) is 24.3 Å². The molecular formula is C20H28FN3O4. The molecule has 1 aromatic carbocycles. The minimum Gasteiger partial charge on any atom is -0.385 e. The molecule has 0 radical (unpaired) electrons. The average Bonchev–Trinajstić information content (AvgIpc) is 2.69. The van der Waals surface area contributed by atoms with E-state index in [1.54, 1.807) is 12.0 Å². The molecule has 7 nitrogen and oxygen atoms in total. The Kier molecular flexibility index (Phi) is 8.38. The Bertz CT molecular complexity index is 673. The second kappa shape index (κ2) is 10.8. The Hall–Kier alpha value is -2.48. The smallest absolute Gasteiger partial charge is 0.251 e. The number of likely N-dealkylation sites (tertiary alicyclic amines) is 1. The molecular weight excluding hydrogens is 365 g/mol. The van der Waals surface area contributed by atoms with E-state index in [9.17, 15) is 18.8 Å². The van der Waals surface area contributed by atoms with Crippen LogP contribution in [0.3, 0.4) is 0 Å². The van der Waals surface area contributed by atoms with Crippen molar-refractivity contribution in [3.63, 3.8) is 0 Å². The van der Waals surface area contributed by atoms with Crippen molar-refractivity contribution in [1.82, 2.24) is 15.5 Å². The van der Waals surface area contributed by atoms with Crippen LogP contribution in [0.4, 0.5) is 4.39 Å². The van der Waals surface area contributed by atoms with Gasteiger partial charge in [0.1, 0.15) is 11.9 Å². The summed E-state index contributed by atoms with van der Waals surface area (Å²) in [4.78, 5) is 38.6. The number of amides is 3. The van der Waals surface area contributed by atoms with Gasteiger partial charge in [-0.15, -0.1) is 0 Å². The van der Waals surface area contributed by atoms with Crippen molar-refractivity contribution in [2.24, 2.45) is 5.92 Å². The van der Waals surface area contributed by atoms with E-state index < -0.39 is 17.8 Å². The molecule has 1 atom stereocenters. The molecule has 1 aliphatic heterocycles. The highest BCUT2D eigenvalue weighted by molar-refractivity contribution is 5.97. The highest BCUT2D eigenvalue weighted by atomic mass is 19.1. The lowest BCUT2D eigenvalue weighted by atomic mass is 9.88. The predicted molar refractivity (Wildman–Crippen MR) is 102 cm³/mol. The molecule has 1 fully saturated rings. The van der Waals surface area contributed by atoms with Crippen LogP contribution >= 0.6 is 0 Å². The summed E-state index contributed by atoms with van der Waals surface area (Å²) >= 11 is 0. The van der Waals surface area contributed by atoms with Crippen LogP contribution in [-0.2, 0) is 14.3 Å². The standard InChI is InChI=1S/C20H28FN3O4/c1-14(25)24-11-8-15(9-12-24)18(20(27)22-10-3-13-28-2)23-19(26)16-4-6-17(21)7-5-16/h4-7,15,18H,3,8-13H2,1-2H3,(H,22,27)(H,23,26). The Labute approximate surface area is 164 Å². The largest absolute Gasteiger partial charge is 0.385 e. The maximum absolute atomic E-state index is 13.1. The fourth-order valence-electron chi connectivity index (χ4n) is 3.31. The van der Waals surface area contributed by atoms with Crippen molar-refractivity contribution in [3.8, 4) is 0 Å². The maximum Gasteiger partial charge on any atom is 0.251 e. The Balaban J connectivity index is 2.05. The van der Waals surface area contributed by atoms with Crippen LogP contribution in [-0.4, -0.2) is 62.0 Å². The monoisotopic (exact) mass is 393 g/mol. The van der Waals surface area contributed by atoms with Crippen molar-refractivity contribution < 1.29 is 23.5 Å². The maximum atomic E-state index is 13.1. The third-order valence-corrected chi connectivity index (χ3v) is 4.96. The number of halogens is 1. The Morgan fingerprint density at radius 3 is 2.43 bits per heavy atom. The normalized spacial score (nSPS) is 15.8. The summed E-state index contributed by atoms with van der Waals surface area (Å²) in [5.74, 6) is -1.18. The minimum absolute atomic E-state index is 0.00867. The number of nitrogens with zero attached hydrogens (tertiary/aromatic N) is 1. The quantitative estimate of drug-likeness (QED) is 0.653. The average molecular weight is 393 g/mol. The topological polar surface area (TPSA) is 87.7 Å². The summed E-state index contributed by atoms with van der Waals surface area (Å²) in [7, 11) is 1.59. The molecule has 1 aliphatic rings. The van der Waals surface area contributed by atoms with Crippen LogP contribution < -0.4 is 10.6 Å². The number of piperidine rings is 1. The van der Waals surface area contributed by atoms with Gasteiger partial charge in [-0.3, -0.25) is 14.4 Å². The van der Waals surface area contributed by atoms with E-state index in [1.807, 2.05) is 0 Å². The first-order valence-electron chi connectivity index (χ1n) is 9.51. The summed E-state index contributed by atoms with van der Waals surface area (Å²) in [5.41, 5.74) is 0.291. The zero-order valence-corrected chi connectivity index (χ0v) is 16.4. The Morgan fingerprint density at radius 2 is 1.86 bits per heavy atom. The number of hydrogen-bond donors (Lipinski definition) is 2. The molecule has 1 aromatic rings. The molecule has 1 heterocycles. The first-order chi connectivity index (χ1) is 13.4.